The first-order chi connectivity index (χ1) is 23.0. The summed E-state index contributed by atoms with van der Waals surface area (Å²) in [4.78, 5) is 26.4. The first-order valence-corrected chi connectivity index (χ1v) is 16.8. The zero-order valence-electron chi connectivity index (χ0n) is 27.8. The maximum Gasteiger partial charge on any atom is 0.229 e. The van der Waals surface area contributed by atoms with E-state index in [1.807, 2.05) is 19.2 Å². The van der Waals surface area contributed by atoms with Crippen molar-refractivity contribution < 1.29 is 4.74 Å². The fourth-order valence-electron chi connectivity index (χ4n) is 7.02. The van der Waals surface area contributed by atoms with Crippen LogP contribution < -0.4 is 25.6 Å². The Labute approximate surface area is 277 Å². The van der Waals surface area contributed by atoms with E-state index < -0.39 is 0 Å². The highest BCUT2D eigenvalue weighted by Crippen LogP contribution is 2.48. The molecule has 2 aromatic heterocycles. The molecule has 0 bridgehead atoms. The predicted octanol–water partition coefficient (Wildman–Crippen LogP) is 5.37. The van der Waals surface area contributed by atoms with Gasteiger partial charge in [0, 0.05) is 99.0 Å². The van der Waals surface area contributed by atoms with E-state index >= 15 is 0 Å². The van der Waals surface area contributed by atoms with Crippen LogP contribution in [-0.2, 0) is 6.54 Å². The van der Waals surface area contributed by atoms with Crippen molar-refractivity contribution in [3.63, 3.8) is 0 Å². The molecule has 11 heteroatoms. The largest absolute Gasteiger partial charge is 0.494 e. The molecule has 0 atom stereocenters. The van der Waals surface area contributed by atoms with Crippen LogP contribution >= 0.6 is 0 Å². The smallest absolute Gasteiger partial charge is 0.229 e. The van der Waals surface area contributed by atoms with Gasteiger partial charge in [0.05, 0.1) is 23.8 Å². The molecule has 1 aliphatic carbocycles. The standard InChI is InChI=1S/C36H46N10O/c1-5-24-22-40-36(43-35(24)41-29-8-9-30-34(28(29)23-37-2)39-13-12-38-30)42-31-20-27(25-6-7-25)32(21-33(31)47-4)46-14-10-26(11-15-46)45-18-16-44(3)17-19-45/h5,8-9,12-13,20-22,25-26,37H,1,6-7,10-11,14-19,23H2,2-4H3,(H2,40,41,42,43). The quantitative estimate of drug-likeness (QED) is 0.198. The first kappa shape index (κ1) is 31.3. The van der Waals surface area contributed by atoms with Crippen LogP contribution in [0.25, 0.3) is 17.1 Å². The van der Waals surface area contributed by atoms with E-state index in [-0.39, 0.29) is 0 Å². The van der Waals surface area contributed by atoms with Crippen LogP contribution in [0.2, 0.25) is 0 Å². The first-order valence-electron chi connectivity index (χ1n) is 16.8. The second kappa shape index (κ2) is 13.8. The summed E-state index contributed by atoms with van der Waals surface area (Å²) in [6, 6.07) is 9.16. The van der Waals surface area contributed by atoms with E-state index in [1.165, 1.54) is 63.1 Å². The molecule has 0 spiro atoms. The van der Waals surface area contributed by atoms with Crippen LogP contribution in [0.1, 0.15) is 48.3 Å². The van der Waals surface area contributed by atoms with Gasteiger partial charge in [-0.3, -0.25) is 14.9 Å². The topological polar surface area (TPSA) is 107 Å². The lowest BCUT2D eigenvalue weighted by molar-refractivity contribution is 0.0982. The number of rotatable bonds is 11. The van der Waals surface area contributed by atoms with Crippen molar-refractivity contribution in [2.24, 2.45) is 0 Å². The van der Waals surface area contributed by atoms with Gasteiger partial charge in [0.1, 0.15) is 11.6 Å². The number of ether oxygens (including phenoxy) is 1. The van der Waals surface area contributed by atoms with Gasteiger partial charge in [0.15, 0.2) is 0 Å². The number of piperazine rings is 1. The summed E-state index contributed by atoms with van der Waals surface area (Å²) in [5.41, 5.74) is 7.98. The summed E-state index contributed by atoms with van der Waals surface area (Å²) in [6.45, 7) is 11.5. The minimum atomic E-state index is 0.481. The Morgan fingerprint density at radius 1 is 0.936 bits per heavy atom. The maximum atomic E-state index is 5.98. The number of methoxy groups -OCH3 is 1. The average Bonchev–Trinajstić information content (AvgIpc) is 3.96. The molecule has 7 rings (SSSR count). The molecule has 3 fully saturated rings. The van der Waals surface area contributed by atoms with Gasteiger partial charge in [-0.05, 0) is 69.5 Å². The van der Waals surface area contributed by atoms with Gasteiger partial charge in [0.25, 0.3) is 0 Å². The third-order valence-electron chi connectivity index (χ3n) is 9.86. The fraction of sp³-hybridized carbons (Fsp3) is 0.444. The second-order valence-corrected chi connectivity index (χ2v) is 12.9. The molecule has 2 aromatic carbocycles. The Morgan fingerprint density at radius 3 is 2.45 bits per heavy atom. The van der Waals surface area contributed by atoms with Crippen LogP contribution in [0, 0.1) is 0 Å². The molecule has 246 valence electrons. The van der Waals surface area contributed by atoms with Gasteiger partial charge in [-0.15, -0.1) is 0 Å². The van der Waals surface area contributed by atoms with E-state index in [0.717, 1.165) is 52.4 Å². The predicted molar refractivity (Wildman–Crippen MR) is 190 cm³/mol. The van der Waals surface area contributed by atoms with Crippen molar-refractivity contribution in [2.75, 3.05) is 76.0 Å². The summed E-state index contributed by atoms with van der Waals surface area (Å²) in [7, 11) is 5.89. The van der Waals surface area contributed by atoms with E-state index in [1.54, 1.807) is 31.8 Å². The highest BCUT2D eigenvalue weighted by molar-refractivity contribution is 5.85. The van der Waals surface area contributed by atoms with Crippen molar-refractivity contribution >= 4 is 45.9 Å². The number of benzene rings is 2. The molecule has 4 heterocycles. The summed E-state index contributed by atoms with van der Waals surface area (Å²) < 4.78 is 5.98. The minimum absolute atomic E-state index is 0.481. The van der Waals surface area contributed by atoms with Crippen LogP contribution in [0.4, 0.5) is 28.8 Å². The van der Waals surface area contributed by atoms with Crippen molar-refractivity contribution in [3.8, 4) is 5.75 Å². The van der Waals surface area contributed by atoms with E-state index in [4.69, 9.17) is 9.72 Å². The molecule has 11 nitrogen and oxygen atoms in total. The second-order valence-electron chi connectivity index (χ2n) is 12.9. The normalized spacial score (nSPS) is 18.0. The Kier molecular flexibility index (Phi) is 9.19. The van der Waals surface area contributed by atoms with Crippen LogP contribution in [0.5, 0.6) is 5.75 Å². The Bertz CT molecular complexity index is 1720. The highest BCUT2D eigenvalue weighted by atomic mass is 16.5. The summed E-state index contributed by atoms with van der Waals surface area (Å²) >= 11 is 0. The zero-order valence-corrected chi connectivity index (χ0v) is 27.8. The molecule has 3 N–H and O–H groups in total. The number of likely N-dealkylation sites (N-methyl/N-ethyl adjacent to an activating group) is 1. The Morgan fingerprint density at radius 2 is 1.72 bits per heavy atom. The number of hydrogen-bond donors (Lipinski definition) is 3. The van der Waals surface area contributed by atoms with E-state index in [0.29, 0.717) is 30.3 Å². The van der Waals surface area contributed by atoms with Crippen LogP contribution in [0.15, 0.2) is 49.4 Å². The van der Waals surface area contributed by atoms with E-state index in [9.17, 15) is 0 Å². The lowest BCUT2D eigenvalue weighted by Crippen LogP contribution is -2.52. The fourth-order valence-corrected chi connectivity index (χ4v) is 7.02. The molecule has 47 heavy (non-hydrogen) atoms. The number of hydrogen-bond acceptors (Lipinski definition) is 11. The number of anilines is 5. The molecule has 3 aliphatic rings. The number of piperidine rings is 1. The van der Waals surface area contributed by atoms with E-state index in [2.05, 4.69) is 71.4 Å². The third kappa shape index (κ3) is 6.74. The maximum absolute atomic E-state index is 5.98. The SMILES string of the molecule is C=Cc1cnc(Nc2cc(C3CC3)c(N3CCC(N4CCN(C)CC4)CC3)cc2OC)nc1Nc1ccc2nccnc2c1CNC. The summed E-state index contributed by atoms with van der Waals surface area (Å²) in [6.07, 6.45) is 11.8. The molecule has 2 aliphatic heterocycles. The van der Waals surface area contributed by atoms with Gasteiger partial charge in [-0.2, -0.15) is 4.98 Å². The summed E-state index contributed by atoms with van der Waals surface area (Å²) in [5.74, 6) is 2.50. The van der Waals surface area contributed by atoms with Gasteiger partial charge in [-0.1, -0.05) is 12.7 Å². The monoisotopic (exact) mass is 634 g/mol. The number of nitrogens with one attached hydrogen (secondary N) is 3. The van der Waals surface area contributed by atoms with Crippen LogP contribution in [-0.4, -0.2) is 96.3 Å². The Balaban J connectivity index is 1.13. The highest BCUT2D eigenvalue weighted by Gasteiger charge is 2.32. The van der Waals surface area contributed by atoms with Gasteiger partial charge in [-0.25, -0.2) is 4.98 Å². The van der Waals surface area contributed by atoms with Crippen molar-refractivity contribution in [2.45, 2.75) is 44.2 Å². The zero-order chi connectivity index (χ0) is 32.3. The number of nitrogens with zero attached hydrogens (tertiary/aromatic N) is 7. The van der Waals surface area contributed by atoms with Gasteiger partial charge >= 0.3 is 0 Å². The minimum Gasteiger partial charge on any atom is -0.494 e. The third-order valence-corrected chi connectivity index (χ3v) is 9.86. The Hall–Kier alpha value is -4.32. The van der Waals surface area contributed by atoms with Crippen molar-refractivity contribution in [1.29, 1.82) is 0 Å². The van der Waals surface area contributed by atoms with Crippen molar-refractivity contribution in [1.82, 2.24) is 35.1 Å². The number of aromatic nitrogens is 4. The summed E-state index contributed by atoms with van der Waals surface area (Å²) in [5, 5.41) is 10.3. The number of fused-ring (bicyclic) bond motifs is 1. The lowest BCUT2D eigenvalue weighted by atomic mass is 9.99. The molecular formula is C36H46N10O. The average molecular weight is 635 g/mol. The lowest BCUT2D eigenvalue weighted by Gasteiger charge is -2.43. The molecule has 0 amide bonds. The molecule has 0 unspecified atom stereocenters. The molecule has 2 saturated heterocycles. The molecule has 1 saturated carbocycles. The van der Waals surface area contributed by atoms with Gasteiger partial charge < -0.3 is 30.5 Å². The molecule has 4 aromatic rings. The molecule has 0 radical (unpaired) electrons. The molecular weight excluding hydrogens is 588 g/mol. The van der Waals surface area contributed by atoms with Crippen molar-refractivity contribution in [3.05, 3.63) is 66.1 Å². The van der Waals surface area contributed by atoms with Crippen LogP contribution in [0.3, 0.4) is 0 Å². The van der Waals surface area contributed by atoms with Gasteiger partial charge in [0.2, 0.25) is 5.95 Å².